The van der Waals surface area contributed by atoms with Crippen LogP contribution in [0.15, 0.2) is 42.6 Å². The lowest BCUT2D eigenvalue weighted by atomic mass is 10.00. The molecule has 2 aromatic rings. The normalized spacial score (nSPS) is 11.6. The highest BCUT2D eigenvalue weighted by Crippen LogP contribution is 2.11. The number of carbonyl (C=O) groups is 1. The number of aryl methyl sites for hydroxylation is 1. The minimum absolute atomic E-state index is 0.329. The quantitative estimate of drug-likeness (QED) is 0.903. The average molecular weight is 254 g/mol. The Hall–Kier alpha value is -2.61. The van der Waals surface area contributed by atoms with Crippen molar-refractivity contribution in [1.82, 2.24) is 9.78 Å². The fraction of sp³-hybridized carbons (Fsp3) is 0.214. The minimum Gasteiger partial charge on any atom is -0.308 e. The SMILES string of the molecule is Cn1ccc(NC(=O)C(C#N)Cc2ccccc2)n1. The highest BCUT2D eigenvalue weighted by Gasteiger charge is 2.19. The summed E-state index contributed by atoms with van der Waals surface area (Å²) >= 11 is 0. The first-order chi connectivity index (χ1) is 9.19. The molecule has 1 aromatic heterocycles. The fourth-order valence-corrected chi connectivity index (χ4v) is 1.74. The van der Waals surface area contributed by atoms with E-state index in [9.17, 15) is 4.79 Å². The van der Waals surface area contributed by atoms with Gasteiger partial charge in [-0.2, -0.15) is 10.4 Å². The van der Waals surface area contributed by atoms with E-state index < -0.39 is 5.92 Å². The molecule has 96 valence electrons. The summed E-state index contributed by atoms with van der Waals surface area (Å²) in [5.41, 5.74) is 0.963. The van der Waals surface area contributed by atoms with E-state index in [2.05, 4.69) is 10.4 Å². The van der Waals surface area contributed by atoms with Crippen molar-refractivity contribution >= 4 is 11.7 Å². The second-order valence-corrected chi connectivity index (χ2v) is 4.24. The molecule has 1 heterocycles. The Bertz CT molecular complexity index is 597. The topological polar surface area (TPSA) is 70.7 Å². The van der Waals surface area contributed by atoms with Crippen molar-refractivity contribution in [2.24, 2.45) is 13.0 Å². The molecule has 1 amide bonds. The van der Waals surface area contributed by atoms with E-state index in [0.717, 1.165) is 5.56 Å². The van der Waals surface area contributed by atoms with Crippen LogP contribution in [0.5, 0.6) is 0 Å². The van der Waals surface area contributed by atoms with Gasteiger partial charge in [-0.3, -0.25) is 9.48 Å². The predicted molar refractivity (Wildman–Crippen MR) is 71.1 cm³/mol. The monoisotopic (exact) mass is 254 g/mol. The van der Waals surface area contributed by atoms with E-state index in [4.69, 9.17) is 5.26 Å². The molecule has 0 spiro atoms. The van der Waals surface area contributed by atoms with Gasteiger partial charge in [0.2, 0.25) is 5.91 Å². The summed E-state index contributed by atoms with van der Waals surface area (Å²) in [5, 5.41) is 15.8. The van der Waals surface area contributed by atoms with E-state index in [1.807, 2.05) is 36.4 Å². The molecule has 0 bridgehead atoms. The number of benzene rings is 1. The van der Waals surface area contributed by atoms with Gasteiger partial charge >= 0.3 is 0 Å². The van der Waals surface area contributed by atoms with Crippen LogP contribution in [-0.2, 0) is 18.3 Å². The molecule has 1 atom stereocenters. The Morgan fingerprint density at radius 1 is 1.42 bits per heavy atom. The zero-order valence-corrected chi connectivity index (χ0v) is 10.6. The summed E-state index contributed by atoms with van der Waals surface area (Å²) in [6.07, 6.45) is 2.13. The van der Waals surface area contributed by atoms with Crippen LogP contribution in [-0.4, -0.2) is 15.7 Å². The maximum atomic E-state index is 12.0. The second-order valence-electron chi connectivity index (χ2n) is 4.24. The Kier molecular flexibility index (Phi) is 3.94. The van der Waals surface area contributed by atoms with Crippen LogP contribution in [0.4, 0.5) is 5.82 Å². The van der Waals surface area contributed by atoms with Crippen molar-refractivity contribution in [3.8, 4) is 6.07 Å². The number of rotatable bonds is 4. The van der Waals surface area contributed by atoms with Gasteiger partial charge in [-0.25, -0.2) is 0 Å². The summed E-state index contributed by atoms with van der Waals surface area (Å²) in [5.74, 6) is -0.588. The van der Waals surface area contributed by atoms with Gasteiger partial charge in [0.05, 0.1) is 6.07 Å². The maximum Gasteiger partial charge on any atom is 0.243 e. The molecule has 2 rings (SSSR count). The molecule has 0 aliphatic heterocycles. The highest BCUT2D eigenvalue weighted by molar-refractivity contribution is 5.93. The third kappa shape index (κ3) is 3.42. The number of nitrogens with one attached hydrogen (secondary N) is 1. The molecule has 0 fully saturated rings. The first-order valence-corrected chi connectivity index (χ1v) is 5.93. The number of nitrogens with zero attached hydrogens (tertiary/aromatic N) is 3. The molecule has 0 radical (unpaired) electrons. The lowest BCUT2D eigenvalue weighted by Crippen LogP contribution is -2.23. The van der Waals surface area contributed by atoms with Crippen LogP contribution in [0.1, 0.15) is 5.56 Å². The standard InChI is InChI=1S/C14H14N4O/c1-18-8-7-13(17-18)16-14(19)12(10-15)9-11-5-3-2-4-6-11/h2-8,12H,9H2,1H3,(H,16,17,19). The number of amides is 1. The van der Waals surface area contributed by atoms with Crippen molar-refractivity contribution in [2.45, 2.75) is 6.42 Å². The van der Waals surface area contributed by atoms with Crippen LogP contribution < -0.4 is 5.32 Å². The van der Waals surface area contributed by atoms with Crippen LogP contribution in [0.25, 0.3) is 0 Å². The van der Waals surface area contributed by atoms with Crippen molar-refractivity contribution in [3.63, 3.8) is 0 Å². The Morgan fingerprint density at radius 2 is 2.16 bits per heavy atom. The van der Waals surface area contributed by atoms with Crippen molar-refractivity contribution in [3.05, 3.63) is 48.2 Å². The van der Waals surface area contributed by atoms with Crippen LogP contribution >= 0.6 is 0 Å². The molecule has 5 nitrogen and oxygen atoms in total. The minimum atomic E-state index is -0.718. The molecule has 1 aromatic carbocycles. The van der Waals surface area contributed by atoms with Crippen LogP contribution in [0.2, 0.25) is 0 Å². The van der Waals surface area contributed by atoms with Crippen LogP contribution in [0.3, 0.4) is 0 Å². The van der Waals surface area contributed by atoms with Crippen molar-refractivity contribution < 1.29 is 4.79 Å². The summed E-state index contributed by atoms with van der Waals surface area (Å²) in [6.45, 7) is 0. The predicted octanol–water partition coefficient (Wildman–Crippen LogP) is 1.74. The number of nitriles is 1. The summed E-state index contributed by atoms with van der Waals surface area (Å²) < 4.78 is 1.59. The Balaban J connectivity index is 2.02. The molecule has 0 aliphatic carbocycles. The third-order valence-corrected chi connectivity index (χ3v) is 2.72. The van der Waals surface area contributed by atoms with E-state index in [-0.39, 0.29) is 5.91 Å². The molecule has 1 N–H and O–H groups in total. The Labute approximate surface area is 111 Å². The molecule has 19 heavy (non-hydrogen) atoms. The maximum absolute atomic E-state index is 12.0. The van der Waals surface area contributed by atoms with Crippen molar-refractivity contribution in [2.75, 3.05) is 5.32 Å². The van der Waals surface area contributed by atoms with Crippen LogP contribution in [0, 0.1) is 17.2 Å². The third-order valence-electron chi connectivity index (χ3n) is 2.72. The molecule has 5 heteroatoms. The van der Waals surface area contributed by atoms with Gasteiger partial charge in [0, 0.05) is 19.3 Å². The number of hydrogen-bond acceptors (Lipinski definition) is 3. The van der Waals surface area contributed by atoms with Gasteiger partial charge in [-0.1, -0.05) is 30.3 Å². The van der Waals surface area contributed by atoms with Gasteiger partial charge in [0.15, 0.2) is 5.82 Å². The molecule has 1 unspecified atom stereocenters. The summed E-state index contributed by atoms with van der Waals surface area (Å²) in [7, 11) is 1.77. The first-order valence-electron chi connectivity index (χ1n) is 5.93. The highest BCUT2D eigenvalue weighted by atomic mass is 16.1. The second kappa shape index (κ2) is 5.83. The average Bonchev–Trinajstić information content (AvgIpc) is 2.82. The van der Waals surface area contributed by atoms with Gasteiger partial charge in [-0.05, 0) is 12.0 Å². The zero-order chi connectivity index (χ0) is 13.7. The van der Waals surface area contributed by atoms with Crippen molar-refractivity contribution in [1.29, 1.82) is 5.26 Å². The lowest BCUT2D eigenvalue weighted by Gasteiger charge is -2.08. The van der Waals surface area contributed by atoms with E-state index in [1.165, 1.54) is 0 Å². The fourth-order valence-electron chi connectivity index (χ4n) is 1.74. The smallest absolute Gasteiger partial charge is 0.243 e. The molecule has 0 aliphatic rings. The molecular formula is C14H14N4O. The number of carbonyl (C=O) groups excluding carboxylic acids is 1. The largest absolute Gasteiger partial charge is 0.308 e. The summed E-state index contributed by atoms with van der Waals surface area (Å²) in [4.78, 5) is 12.0. The lowest BCUT2D eigenvalue weighted by molar-refractivity contribution is -0.118. The number of anilines is 1. The zero-order valence-electron chi connectivity index (χ0n) is 10.6. The first kappa shape index (κ1) is 12.8. The number of hydrogen-bond donors (Lipinski definition) is 1. The van der Waals surface area contributed by atoms with Gasteiger partial charge in [0.25, 0.3) is 0 Å². The van der Waals surface area contributed by atoms with E-state index in [1.54, 1.807) is 24.0 Å². The molecule has 0 saturated carbocycles. The van der Waals surface area contributed by atoms with E-state index in [0.29, 0.717) is 12.2 Å². The summed E-state index contributed by atoms with van der Waals surface area (Å²) in [6, 6.07) is 13.2. The molecular weight excluding hydrogens is 240 g/mol. The van der Waals surface area contributed by atoms with E-state index >= 15 is 0 Å². The number of aromatic nitrogens is 2. The van der Waals surface area contributed by atoms with Gasteiger partial charge < -0.3 is 5.32 Å². The van der Waals surface area contributed by atoms with Gasteiger partial charge in [-0.15, -0.1) is 0 Å². The Morgan fingerprint density at radius 3 is 2.74 bits per heavy atom. The molecule has 0 saturated heterocycles. The van der Waals surface area contributed by atoms with Gasteiger partial charge in [0.1, 0.15) is 5.92 Å².